The zero-order chi connectivity index (χ0) is 28.0. The molecule has 0 radical (unpaired) electrons. The smallest absolute Gasteiger partial charge is 0.410 e. The van der Waals surface area contributed by atoms with Crippen LogP contribution in [0.1, 0.15) is 42.3 Å². The number of aromatic nitrogens is 2. The first-order valence-electron chi connectivity index (χ1n) is 13.0. The number of aromatic amines is 1. The summed E-state index contributed by atoms with van der Waals surface area (Å²) in [5.74, 6) is 0.337. The van der Waals surface area contributed by atoms with Crippen molar-refractivity contribution in [3.8, 4) is 5.75 Å². The number of benzene rings is 2. The van der Waals surface area contributed by atoms with Crippen LogP contribution in [0.4, 0.5) is 22.1 Å². The van der Waals surface area contributed by atoms with Crippen LogP contribution in [-0.2, 0) is 17.7 Å². The lowest BCUT2D eigenvalue weighted by Crippen LogP contribution is -2.50. The molecule has 11 nitrogen and oxygen atoms in total. The lowest BCUT2D eigenvalue weighted by molar-refractivity contribution is 0.0146. The summed E-state index contributed by atoms with van der Waals surface area (Å²) in [7, 11) is 0. The third kappa shape index (κ3) is 7.87. The van der Waals surface area contributed by atoms with E-state index in [4.69, 9.17) is 10.5 Å². The van der Waals surface area contributed by atoms with E-state index in [-0.39, 0.29) is 17.4 Å². The van der Waals surface area contributed by atoms with Crippen molar-refractivity contribution in [2.45, 2.75) is 39.3 Å². The van der Waals surface area contributed by atoms with Gasteiger partial charge in [-0.1, -0.05) is 24.3 Å². The van der Waals surface area contributed by atoms with E-state index in [9.17, 15) is 14.7 Å². The van der Waals surface area contributed by atoms with Gasteiger partial charge in [0, 0.05) is 45.0 Å². The maximum Gasteiger partial charge on any atom is 0.410 e. The van der Waals surface area contributed by atoms with Gasteiger partial charge < -0.3 is 31.1 Å². The third-order valence-corrected chi connectivity index (χ3v) is 6.38. The van der Waals surface area contributed by atoms with E-state index >= 15 is 0 Å². The molecule has 11 heteroatoms. The van der Waals surface area contributed by atoms with Crippen LogP contribution in [0, 0.1) is 0 Å². The number of nitrogens with two attached hydrogens (primary N) is 1. The lowest BCUT2D eigenvalue weighted by atomic mass is 10.1. The second-order valence-electron chi connectivity index (χ2n) is 10.6. The number of aromatic hydroxyl groups is 1. The first kappa shape index (κ1) is 27.8. The second-order valence-corrected chi connectivity index (χ2v) is 10.6. The highest BCUT2D eigenvalue weighted by Crippen LogP contribution is 2.25. The van der Waals surface area contributed by atoms with Gasteiger partial charge in [0.25, 0.3) is 5.91 Å². The molecule has 3 aromatic rings. The number of phenolic OH excluding ortho intramolecular Hbond substituents is 1. The minimum absolute atomic E-state index is 0.189. The average Bonchev–Trinajstić information content (AvgIpc) is 3.30. The molecule has 1 aromatic heterocycles. The molecule has 2 heterocycles. The summed E-state index contributed by atoms with van der Waals surface area (Å²) < 4.78 is 5.47. The van der Waals surface area contributed by atoms with Crippen LogP contribution in [-0.4, -0.2) is 75.4 Å². The van der Waals surface area contributed by atoms with Crippen LogP contribution in [0.2, 0.25) is 0 Å². The number of nitrogens with zero attached hydrogens (tertiary/aromatic N) is 3. The van der Waals surface area contributed by atoms with E-state index in [0.29, 0.717) is 31.3 Å². The Hall–Kier alpha value is -4.25. The van der Waals surface area contributed by atoms with Crippen molar-refractivity contribution >= 4 is 29.3 Å². The summed E-state index contributed by atoms with van der Waals surface area (Å²) in [5.41, 5.74) is 8.29. The summed E-state index contributed by atoms with van der Waals surface area (Å²) >= 11 is 0. The van der Waals surface area contributed by atoms with Crippen molar-refractivity contribution in [1.29, 1.82) is 0 Å². The molecular formula is C28H37N7O4. The van der Waals surface area contributed by atoms with E-state index in [1.165, 1.54) is 5.56 Å². The Morgan fingerprint density at radius 1 is 1.03 bits per heavy atom. The monoisotopic (exact) mass is 535 g/mol. The van der Waals surface area contributed by atoms with Gasteiger partial charge in [-0.05, 0) is 62.6 Å². The normalized spacial score (nSPS) is 14.2. The fraction of sp³-hybridized carbons (Fsp3) is 0.393. The highest BCUT2D eigenvalue weighted by Gasteiger charge is 2.25. The molecule has 1 aliphatic rings. The van der Waals surface area contributed by atoms with Crippen LogP contribution in [0.25, 0.3) is 0 Å². The molecule has 0 bridgehead atoms. The van der Waals surface area contributed by atoms with Gasteiger partial charge in [0.05, 0.1) is 0 Å². The maximum absolute atomic E-state index is 12.3. The molecule has 39 heavy (non-hydrogen) atoms. The number of phenols is 1. The molecule has 1 fully saturated rings. The number of ether oxygens (including phenoxy) is 1. The Kier molecular flexibility index (Phi) is 8.60. The SMILES string of the molecule is CC(C)(C)OC(=O)N1CCN(CCc2ccc(Nc3n[nH]c(NCc4ccc(O)cc4)c3C(N)=O)cc2)CC1. The summed E-state index contributed by atoms with van der Waals surface area (Å²) in [6.07, 6.45) is 0.634. The number of rotatable bonds is 9. The summed E-state index contributed by atoms with van der Waals surface area (Å²) in [5, 5.41) is 22.8. The molecule has 0 spiro atoms. The van der Waals surface area contributed by atoms with Crippen LogP contribution in [0.3, 0.4) is 0 Å². The van der Waals surface area contributed by atoms with Crippen molar-refractivity contribution in [3.05, 3.63) is 65.2 Å². The Morgan fingerprint density at radius 2 is 1.67 bits per heavy atom. The van der Waals surface area contributed by atoms with E-state index in [0.717, 1.165) is 37.3 Å². The minimum Gasteiger partial charge on any atom is -0.508 e. The zero-order valence-corrected chi connectivity index (χ0v) is 22.7. The van der Waals surface area contributed by atoms with E-state index in [1.54, 1.807) is 29.2 Å². The summed E-state index contributed by atoms with van der Waals surface area (Å²) in [6, 6.07) is 14.7. The highest BCUT2D eigenvalue weighted by atomic mass is 16.6. The van der Waals surface area contributed by atoms with Gasteiger partial charge >= 0.3 is 6.09 Å². The van der Waals surface area contributed by atoms with Gasteiger partial charge in [-0.15, -0.1) is 0 Å². The van der Waals surface area contributed by atoms with Gasteiger partial charge in [0.2, 0.25) is 0 Å². The molecule has 1 aliphatic heterocycles. The fourth-order valence-electron chi connectivity index (χ4n) is 4.26. The topological polar surface area (TPSA) is 149 Å². The summed E-state index contributed by atoms with van der Waals surface area (Å²) in [4.78, 5) is 28.6. The van der Waals surface area contributed by atoms with Crippen LogP contribution in [0.5, 0.6) is 5.75 Å². The van der Waals surface area contributed by atoms with Gasteiger partial charge in [0.1, 0.15) is 22.7 Å². The number of anilines is 3. The predicted molar refractivity (Wildman–Crippen MR) is 150 cm³/mol. The minimum atomic E-state index is -0.608. The lowest BCUT2D eigenvalue weighted by Gasteiger charge is -2.35. The van der Waals surface area contributed by atoms with Crippen LogP contribution >= 0.6 is 0 Å². The van der Waals surface area contributed by atoms with E-state index < -0.39 is 11.5 Å². The number of primary amides is 1. The molecule has 2 amide bonds. The number of carbonyl (C=O) groups is 2. The molecule has 0 aliphatic carbocycles. The molecule has 0 unspecified atom stereocenters. The standard InChI is InChI=1S/C28H37N7O4/c1-28(2,3)39-27(38)35-16-14-34(15-17-35)13-12-19-4-8-21(9-5-19)31-26-23(24(29)37)25(32-33-26)30-18-20-6-10-22(36)11-7-20/h4-11,36H,12-18H2,1-3H3,(H2,29,37)(H3,30,31,32,33). The van der Waals surface area contributed by atoms with E-state index in [2.05, 4.69) is 25.7 Å². The Morgan fingerprint density at radius 3 is 2.28 bits per heavy atom. The van der Waals surface area contributed by atoms with Gasteiger partial charge in [-0.25, -0.2) is 4.79 Å². The van der Waals surface area contributed by atoms with Crippen molar-refractivity contribution in [2.24, 2.45) is 5.73 Å². The van der Waals surface area contributed by atoms with Gasteiger partial charge in [0.15, 0.2) is 5.82 Å². The first-order chi connectivity index (χ1) is 18.6. The Balaban J connectivity index is 1.27. The molecule has 6 N–H and O–H groups in total. The average molecular weight is 536 g/mol. The van der Waals surface area contributed by atoms with E-state index in [1.807, 2.05) is 45.0 Å². The molecule has 1 saturated heterocycles. The largest absolute Gasteiger partial charge is 0.508 e. The molecule has 208 valence electrons. The quantitative estimate of drug-likeness (QED) is 0.279. The molecular weight excluding hydrogens is 498 g/mol. The number of H-pyrrole nitrogens is 1. The number of hydrogen-bond acceptors (Lipinski definition) is 8. The van der Waals surface area contributed by atoms with Crippen molar-refractivity contribution in [1.82, 2.24) is 20.0 Å². The second kappa shape index (κ2) is 12.1. The fourth-order valence-corrected chi connectivity index (χ4v) is 4.26. The van der Waals surface area contributed by atoms with Crippen molar-refractivity contribution in [3.63, 3.8) is 0 Å². The molecule has 4 rings (SSSR count). The number of amides is 2. The van der Waals surface area contributed by atoms with Crippen molar-refractivity contribution in [2.75, 3.05) is 43.4 Å². The number of piperazine rings is 1. The summed E-state index contributed by atoms with van der Waals surface area (Å²) in [6.45, 7) is 9.91. The van der Waals surface area contributed by atoms with Crippen LogP contribution < -0.4 is 16.4 Å². The Labute approximate surface area is 228 Å². The number of nitrogens with one attached hydrogen (secondary N) is 3. The number of hydrogen-bond donors (Lipinski definition) is 5. The van der Waals surface area contributed by atoms with Gasteiger partial charge in [-0.2, -0.15) is 5.10 Å². The molecule has 2 aromatic carbocycles. The predicted octanol–water partition coefficient (Wildman–Crippen LogP) is 3.67. The third-order valence-electron chi connectivity index (χ3n) is 6.38. The molecule has 0 atom stereocenters. The maximum atomic E-state index is 12.3. The van der Waals surface area contributed by atoms with Crippen LogP contribution in [0.15, 0.2) is 48.5 Å². The zero-order valence-electron chi connectivity index (χ0n) is 22.7. The highest BCUT2D eigenvalue weighted by molar-refractivity contribution is 6.03. The van der Waals surface area contributed by atoms with Crippen molar-refractivity contribution < 1.29 is 19.4 Å². The Bertz CT molecular complexity index is 1260. The van der Waals surface area contributed by atoms with Gasteiger partial charge in [-0.3, -0.25) is 14.8 Å². The molecule has 0 saturated carbocycles. The number of carbonyl (C=O) groups excluding carboxylic acids is 2. The first-order valence-corrected chi connectivity index (χ1v) is 13.0.